The second-order valence-electron chi connectivity index (χ2n) is 7.50. The lowest BCUT2D eigenvalue weighted by Crippen LogP contribution is -2.39. The van der Waals surface area contributed by atoms with Crippen molar-refractivity contribution < 1.29 is 23.1 Å². The Labute approximate surface area is 162 Å². The lowest BCUT2D eigenvalue weighted by Gasteiger charge is -2.41. The summed E-state index contributed by atoms with van der Waals surface area (Å²) in [5.41, 5.74) is 1.26. The van der Waals surface area contributed by atoms with Gasteiger partial charge in [0.15, 0.2) is 0 Å². The van der Waals surface area contributed by atoms with E-state index < -0.39 is 23.6 Å². The van der Waals surface area contributed by atoms with Crippen LogP contribution in [0.3, 0.4) is 0 Å². The third-order valence-electron chi connectivity index (χ3n) is 5.70. The fourth-order valence-corrected chi connectivity index (χ4v) is 3.95. The van der Waals surface area contributed by atoms with Crippen molar-refractivity contribution in [3.63, 3.8) is 0 Å². The molecule has 1 aliphatic heterocycles. The Kier molecular flexibility index (Phi) is 6.08. The van der Waals surface area contributed by atoms with Gasteiger partial charge < -0.3 is 5.11 Å². The summed E-state index contributed by atoms with van der Waals surface area (Å²) in [4.78, 5) is 13.7. The summed E-state index contributed by atoms with van der Waals surface area (Å²) in [5.74, 6) is -1.31. The molecule has 1 fully saturated rings. The highest BCUT2D eigenvalue weighted by Crippen LogP contribution is 2.39. The van der Waals surface area contributed by atoms with Crippen molar-refractivity contribution in [3.05, 3.63) is 71.3 Å². The molecule has 2 aromatic rings. The van der Waals surface area contributed by atoms with Crippen molar-refractivity contribution in [2.75, 3.05) is 6.54 Å². The third kappa shape index (κ3) is 4.73. The number of hydrogen-bond donors (Lipinski definition) is 1. The van der Waals surface area contributed by atoms with Crippen LogP contribution in [0.15, 0.2) is 54.6 Å². The van der Waals surface area contributed by atoms with E-state index >= 15 is 0 Å². The number of alkyl halides is 3. The molecule has 1 aliphatic rings. The quantitative estimate of drug-likeness (QED) is 0.744. The molecule has 0 spiro atoms. The first kappa shape index (κ1) is 20.4. The van der Waals surface area contributed by atoms with Crippen LogP contribution >= 0.6 is 0 Å². The van der Waals surface area contributed by atoms with Crippen molar-refractivity contribution in [1.82, 2.24) is 4.90 Å². The van der Waals surface area contributed by atoms with Gasteiger partial charge in [0.25, 0.3) is 0 Å². The van der Waals surface area contributed by atoms with E-state index in [0.29, 0.717) is 19.5 Å². The molecule has 3 atom stereocenters. The topological polar surface area (TPSA) is 40.5 Å². The molecular formula is C22H24F3NO2. The Morgan fingerprint density at radius 3 is 2.36 bits per heavy atom. The van der Waals surface area contributed by atoms with Crippen LogP contribution in [0, 0.1) is 11.8 Å². The highest BCUT2D eigenvalue weighted by atomic mass is 19.4. The van der Waals surface area contributed by atoms with Crippen LogP contribution in [0.2, 0.25) is 0 Å². The summed E-state index contributed by atoms with van der Waals surface area (Å²) < 4.78 is 38.7. The summed E-state index contributed by atoms with van der Waals surface area (Å²) in [6.07, 6.45) is -2.99. The zero-order valence-corrected chi connectivity index (χ0v) is 15.7. The van der Waals surface area contributed by atoms with E-state index in [1.54, 1.807) is 6.92 Å². The van der Waals surface area contributed by atoms with Crippen LogP contribution in [0.4, 0.5) is 13.2 Å². The fourth-order valence-electron chi connectivity index (χ4n) is 3.95. The number of likely N-dealkylation sites (tertiary alicyclic amines) is 1. The first-order valence-corrected chi connectivity index (χ1v) is 9.43. The van der Waals surface area contributed by atoms with E-state index in [1.165, 1.54) is 12.1 Å². The standard InChI is InChI=1S/C22H24F3NO2/c1-15(21(27)28)18-11-12-26(14-16-5-3-2-4-6-16)20(13-18)17-7-9-19(10-8-17)22(23,24)25/h2-10,15,18,20H,11-14H2,1H3,(H,27,28). The average Bonchev–Trinajstić information content (AvgIpc) is 2.68. The number of benzene rings is 2. The Morgan fingerprint density at radius 2 is 1.79 bits per heavy atom. The highest BCUT2D eigenvalue weighted by Gasteiger charge is 2.35. The van der Waals surface area contributed by atoms with Gasteiger partial charge in [-0.3, -0.25) is 9.69 Å². The summed E-state index contributed by atoms with van der Waals surface area (Å²) in [5, 5.41) is 9.38. The van der Waals surface area contributed by atoms with E-state index in [0.717, 1.165) is 29.7 Å². The molecule has 0 radical (unpaired) electrons. The second-order valence-corrected chi connectivity index (χ2v) is 7.50. The van der Waals surface area contributed by atoms with E-state index in [1.807, 2.05) is 30.3 Å². The summed E-state index contributed by atoms with van der Waals surface area (Å²) >= 11 is 0. The van der Waals surface area contributed by atoms with Gasteiger partial charge in [-0.15, -0.1) is 0 Å². The molecular weight excluding hydrogens is 367 g/mol. The molecule has 0 saturated carbocycles. The molecule has 3 unspecified atom stereocenters. The van der Waals surface area contributed by atoms with Gasteiger partial charge >= 0.3 is 12.1 Å². The SMILES string of the molecule is CC(C(=O)O)C1CCN(Cc2ccccc2)C(c2ccc(C(F)(F)F)cc2)C1. The first-order valence-electron chi connectivity index (χ1n) is 9.43. The van der Waals surface area contributed by atoms with Gasteiger partial charge in [0.2, 0.25) is 0 Å². The second kappa shape index (κ2) is 8.35. The maximum Gasteiger partial charge on any atom is 0.416 e. The Hall–Kier alpha value is -2.34. The van der Waals surface area contributed by atoms with Crippen LogP contribution in [-0.2, 0) is 17.5 Å². The van der Waals surface area contributed by atoms with Crippen molar-refractivity contribution in [2.24, 2.45) is 11.8 Å². The van der Waals surface area contributed by atoms with E-state index in [4.69, 9.17) is 0 Å². The minimum atomic E-state index is -4.37. The monoisotopic (exact) mass is 391 g/mol. The van der Waals surface area contributed by atoms with Crippen LogP contribution in [-0.4, -0.2) is 22.5 Å². The van der Waals surface area contributed by atoms with Crippen molar-refractivity contribution in [3.8, 4) is 0 Å². The molecule has 2 aromatic carbocycles. The number of halogens is 3. The Morgan fingerprint density at radius 1 is 1.14 bits per heavy atom. The smallest absolute Gasteiger partial charge is 0.416 e. The molecule has 1 saturated heterocycles. The average molecular weight is 391 g/mol. The maximum absolute atomic E-state index is 12.9. The molecule has 0 aromatic heterocycles. The number of rotatable bonds is 5. The van der Waals surface area contributed by atoms with Crippen LogP contribution in [0.1, 0.15) is 42.5 Å². The van der Waals surface area contributed by atoms with E-state index in [-0.39, 0.29) is 12.0 Å². The van der Waals surface area contributed by atoms with Gasteiger partial charge in [-0.2, -0.15) is 13.2 Å². The van der Waals surface area contributed by atoms with E-state index in [2.05, 4.69) is 4.90 Å². The zero-order valence-electron chi connectivity index (χ0n) is 15.7. The van der Waals surface area contributed by atoms with Crippen molar-refractivity contribution in [2.45, 2.75) is 38.5 Å². The summed E-state index contributed by atoms with van der Waals surface area (Å²) in [7, 11) is 0. The molecule has 0 bridgehead atoms. The number of carbonyl (C=O) groups is 1. The van der Waals surface area contributed by atoms with Crippen LogP contribution < -0.4 is 0 Å². The number of piperidine rings is 1. The van der Waals surface area contributed by atoms with Crippen LogP contribution in [0.25, 0.3) is 0 Å². The normalized spacial score (nSPS) is 22.0. The van der Waals surface area contributed by atoms with Crippen LogP contribution in [0.5, 0.6) is 0 Å². The molecule has 3 rings (SSSR count). The van der Waals surface area contributed by atoms with Gasteiger partial charge in [-0.25, -0.2) is 0 Å². The number of carboxylic acid groups (broad SMARTS) is 1. The highest BCUT2D eigenvalue weighted by molar-refractivity contribution is 5.69. The lowest BCUT2D eigenvalue weighted by molar-refractivity contribution is -0.144. The predicted molar refractivity (Wildman–Crippen MR) is 101 cm³/mol. The first-order chi connectivity index (χ1) is 13.3. The molecule has 3 nitrogen and oxygen atoms in total. The third-order valence-corrected chi connectivity index (χ3v) is 5.70. The molecule has 6 heteroatoms. The zero-order chi connectivity index (χ0) is 20.3. The van der Waals surface area contributed by atoms with Gasteiger partial charge in [0.05, 0.1) is 11.5 Å². The summed E-state index contributed by atoms with van der Waals surface area (Å²) in [6.45, 7) is 3.10. The van der Waals surface area contributed by atoms with Gasteiger partial charge in [0, 0.05) is 12.6 Å². The van der Waals surface area contributed by atoms with Gasteiger partial charge in [-0.1, -0.05) is 49.4 Å². The molecule has 1 heterocycles. The lowest BCUT2D eigenvalue weighted by atomic mass is 9.79. The van der Waals surface area contributed by atoms with Gasteiger partial charge in [0.1, 0.15) is 0 Å². The maximum atomic E-state index is 12.9. The van der Waals surface area contributed by atoms with Crippen molar-refractivity contribution >= 4 is 5.97 Å². The number of nitrogens with zero attached hydrogens (tertiary/aromatic N) is 1. The molecule has 0 amide bonds. The largest absolute Gasteiger partial charge is 0.481 e. The Bertz CT molecular complexity index is 790. The number of hydrogen-bond acceptors (Lipinski definition) is 2. The molecule has 0 aliphatic carbocycles. The minimum Gasteiger partial charge on any atom is -0.481 e. The summed E-state index contributed by atoms with van der Waals surface area (Å²) in [6, 6.07) is 15.1. The van der Waals surface area contributed by atoms with E-state index in [9.17, 15) is 23.1 Å². The van der Waals surface area contributed by atoms with Gasteiger partial charge in [-0.05, 0) is 48.6 Å². The number of carboxylic acids is 1. The fraction of sp³-hybridized carbons (Fsp3) is 0.409. The Balaban J connectivity index is 1.86. The minimum absolute atomic E-state index is 0.00295. The number of aliphatic carboxylic acids is 1. The molecule has 1 N–H and O–H groups in total. The predicted octanol–water partition coefficient (Wildman–Crippen LogP) is 5.38. The molecule has 150 valence electrons. The molecule has 28 heavy (non-hydrogen) atoms. The van der Waals surface area contributed by atoms with Crippen molar-refractivity contribution in [1.29, 1.82) is 0 Å².